The first-order valence-corrected chi connectivity index (χ1v) is 11.8. The maximum absolute atomic E-state index is 13.7. The zero-order valence-electron chi connectivity index (χ0n) is 18.7. The highest BCUT2D eigenvalue weighted by molar-refractivity contribution is 7.07. The van der Waals surface area contributed by atoms with Gasteiger partial charge in [0.05, 0.1) is 28.5 Å². The summed E-state index contributed by atoms with van der Waals surface area (Å²) in [6, 6.07) is 19.8. The van der Waals surface area contributed by atoms with Crippen molar-refractivity contribution in [2.75, 3.05) is 6.61 Å². The summed E-state index contributed by atoms with van der Waals surface area (Å²) >= 11 is 1.26. The molecule has 1 aliphatic rings. The summed E-state index contributed by atoms with van der Waals surface area (Å²) < 4.78 is 7.43. The molecule has 0 bridgehead atoms. The molecule has 0 saturated heterocycles. The zero-order valence-corrected chi connectivity index (χ0v) is 19.5. The summed E-state index contributed by atoms with van der Waals surface area (Å²) in [5, 5.41) is 11.8. The van der Waals surface area contributed by atoms with Crippen LogP contribution in [-0.4, -0.2) is 22.2 Å². The number of rotatable bonds is 4. The molecule has 170 valence electrons. The Bertz CT molecular complexity index is 1640. The average molecular weight is 471 g/mol. The lowest BCUT2D eigenvalue weighted by Gasteiger charge is -2.25. The van der Waals surface area contributed by atoms with Crippen LogP contribution in [0.2, 0.25) is 0 Å². The molecule has 1 atom stereocenters. The molecule has 3 aromatic carbocycles. The summed E-state index contributed by atoms with van der Waals surface area (Å²) in [6.07, 6.45) is 1.73. The number of allylic oxidation sites excluding steroid dienone is 1. The van der Waals surface area contributed by atoms with Gasteiger partial charge in [0, 0.05) is 0 Å². The summed E-state index contributed by atoms with van der Waals surface area (Å²) in [5.41, 5.74) is 2.17. The van der Waals surface area contributed by atoms with Crippen LogP contribution in [-0.2, 0) is 9.53 Å². The Kier molecular flexibility index (Phi) is 5.63. The lowest BCUT2D eigenvalue weighted by atomic mass is 9.91. The second kappa shape index (κ2) is 8.76. The van der Waals surface area contributed by atoms with Crippen molar-refractivity contribution in [3.63, 3.8) is 0 Å². The predicted molar refractivity (Wildman–Crippen MR) is 132 cm³/mol. The van der Waals surface area contributed by atoms with Gasteiger partial charge < -0.3 is 9.84 Å². The van der Waals surface area contributed by atoms with Gasteiger partial charge >= 0.3 is 5.97 Å². The zero-order chi connectivity index (χ0) is 23.8. The van der Waals surface area contributed by atoms with E-state index in [1.54, 1.807) is 42.7 Å². The molecular weight excluding hydrogens is 448 g/mol. The number of thiazole rings is 1. The number of ether oxygens (including phenoxy) is 1. The topological polar surface area (TPSA) is 80.9 Å². The third-order valence-corrected chi connectivity index (χ3v) is 6.79. The van der Waals surface area contributed by atoms with Gasteiger partial charge in [0.15, 0.2) is 4.80 Å². The minimum atomic E-state index is -0.673. The van der Waals surface area contributed by atoms with Crippen molar-refractivity contribution < 1.29 is 14.6 Å². The van der Waals surface area contributed by atoms with E-state index in [0.717, 1.165) is 16.3 Å². The summed E-state index contributed by atoms with van der Waals surface area (Å²) in [5.74, 6) is -0.362. The fraction of sp³-hybridized carbons (Fsp3) is 0.148. The fourth-order valence-electron chi connectivity index (χ4n) is 4.34. The van der Waals surface area contributed by atoms with Crippen LogP contribution in [0.15, 0.2) is 87.8 Å². The second-order valence-electron chi connectivity index (χ2n) is 7.97. The Hall–Kier alpha value is -3.97. The average Bonchev–Trinajstić information content (AvgIpc) is 3.12. The third-order valence-electron chi connectivity index (χ3n) is 5.80. The van der Waals surface area contributed by atoms with Crippen molar-refractivity contribution in [3.05, 3.63) is 109 Å². The molecule has 0 unspecified atom stereocenters. The number of carbonyl (C=O) groups is 1. The van der Waals surface area contributed by atoms with Gasteiger partial charge in [0.2, 0.25) is 0 Å². The van der Waals surface area contributed by atoms with E-state index in [-0.39, 0.29) is 17.9 Å². The van der Waals surface area contributed by atoms with Gasteiger partial charge in [-0.2, -0.15) is 0 Å². The Morgan fingerprint density at radius 1 is 1.15 bits per heavy atom. The van der Waals surface area contributed by atoms with Gasteiger partial charge in [-0.3, -0.25) is 9.36 Å². The van der Waals surface area contributed by atoms with Crippen LogP contribution in [0.1, 0.15) is 31.0 Å². The Balaban J connectivity index is 1.81. The Morgan fingerprint density at radius 2 is 1.91 bits per heavy atom. The minimum Gasteiger partial charge on any atom is -0.508 e. The van der Waals surface area contributed by atoms with Crippen LogP contribution in [0, 0.1) is 0 Å². The molecule has 34 heavy (non-hydrogen) atoms. The lowest BCUT2D eigenvalue weighted by Crippen LogP contribution is -2.40. The van der Waals surface area contributed by atoms with E-state index >= 15 is 0 Å². The monoisotopic (exact) mass is 470 g/mol. The van der Waals surface area contributed by atoms with Crippen molar-refractivity contribution >= 4 is 34.2 Å². The first-order valence-electron chi connectivity index (χ1n) is 10.9. The molecule has 0 radical (unpaired) electrons. The fourth-order valence-corrected chi connectivity index (χ4v) is 5.39. The molecule has 7 heteroatoms. The highest BCUT2D eigenvalue weighted by atomic mass is 32.1. The number of hydrogen-bond acceptors (Lipinski definition) is 6. The van der Waals surface area contributed by atoms with Gasteiger partial charge in [-0.05, 0) is 54.0 Å². The van der Waals surface area contributed by atoms with E-state index in [4.69, 9.17) is 4.74 Å². The first-order chi connectivity index (χ1) is 16.5. The number of fused-ring (bicyclic) bond motifs is 2. The SMILES string of the molecule is CCOC(=O)C1=C(C)N=c2s/c(=C/c3cccc(O)c3)c(=O)n2[C@@H]1c1cccc2ccccc12. The van der Waals surface area contributed by atoms with E-state index in [9.17, 15) is 14.7 Å². The molecule has 0 aliphatic carbocycles. The van der Waals surface area contributed by atoms with Crippen LogP contribution >= 0.6 is 11.3 Å². The van der Waals surface area contributed by atoms with Crippen LogP contribution in [0.4, 0.5) is 0 Å². The highest BCUT2D eigenvalue weighted by Crippen LogP contribution is 2.34. The molecular formula is C27H22N2O4S. The number of phenols is 1. The first kappa shape index (κ1) is 21.9. The summed E-state index contributed by atoms with van der Waals surface area (Å²) in [7, 11) is 0. The largest absolute Gasteiger partial charge is 0.508 e. The minimum absolute atomic E-state index is 0.121. The Labute approximate surface area is 199 Å². The number of hydrogen-bond donors (Lipinski definition) is 1. The van der Waals surface area contributed by atoms with E-state index in [2.05, 4.69) is 4.99 Å². The van der Waals surface area contributed by atoms with Crippen LogP contribution in [0.3, 0.4) is 0 Å². The Morgan fingerprint density at radius 3 is 2.71 bits per heavy atom. The van der Waals surface area contributed by atoms with Gasteiger partial charge in [-0.1, -0.05) is 65.9 Å². The molecule has 2 heterocycles. The van der Waals surface area contributed by atoms with Crippen LogP contribution in [0.25, 0.3) is 16.8 Å². The normalized spacial score (nSPS) is 15.8. The molecule has 0 spiro atoms. The number of nitrogens with zero attached hydrogens (tertiary/aromatic N) is 2. The number of aromatic nitrogens is 1. The van der Waals surface area contributed by atoms with Crippen molar-refractivity contribution in [1.29, 1.82) is 0 Å². The van der Waals surface area contributed by atoms with E-state index in [1.165, 1.54) is 11.3 Å². The summed E-state index contributed by atoms with van der Waals surface area (Å²) in [6.45, 7) is 3.75. The van der Waals surface area contributed by atoms with E-state index < -0.39 is 12.0 Å². The van der Waals surface area contributed by atoms with Crippen LogP contribution < -0.4 is 14.9 Å². The van der Waals surface area contributed by atoms with Crippen molar-refractivity contribution in [3.8, 4) is 5.75 Å². The van der Waals surface area contributed by atoms with Crippen molar-refractivity contribution in [2.24, 2.45) is 4.99 Å². The number of phenolic OH excluding ortho intramolecular Hbond substituents is 1. The molecule has 6 nitrogen and oxygen atoms in total. The molecule has 1 aromatic heterocycles. The molecule has 0 amide bonds. The van der Waals surface area contributed by atoms with E-state index in [1.807, 2.05) is 48.5 Å². The quantitative estimate of drug-likeness (QED) is 0.462. The van der Waals surface area contributed by atoms with Gasteiger partial charge in [0.1, 0.15) is 5.75 Å². The molecule has 4 aromatic rings. The third kappa shape index (κ3) is 3.74. The summed E-state index contributed by atoms with van der Waals surface area (Å²) in [4.78, 5) is 31.9. The van der Waals surface area contributed by atoms with Crippen molar-refractivity contribution in [1.82, 2.24) is 4.57 Å². The molecule has 1 aliphatic heterocycles. The van der Waals surface area contributed by atoms with E-state index in [0.29, 0.717) is 26.2 Å². The highest BCUT2D eigenvalue weighted by Gasteiger charge is 2.34. The number of esters is 1. The molecule has 1 N–H and O–H groups in total. The standard InChI is InChI=1S/C27H22N2O4S/c1-3-33-26(32)23-16(2)28-27-29(24(23)21-13-7-10-18-9-4-5-12-20(18)21)25(31)22(34-27)15-17-8-6-11-19(30)14-17/h4-15,24,30H,3H2,1-2H3/b22-15+/t24-/m1/s1. The maximum Gasteiger partial charge on any atom is 0.338 e. The molecule has 0 fully saturated rings. The molecule has 5 rings (SSSR count). The number of benzene rings is 3. The van der Waals surface area contributed by atoms with Gasteiger partial charge in [0.25, 0.3) is 5.56 Å². The number of carbonyl (C=O) groups excluding carboxylic acids is 1. The van der Waals surface area contributed by atoms with Crippen molar-refractivity contribution in [2.45, 2.75) is 19.9 Å². The second-order valence-corrected chi connectivity index (χ2v) is 8.97. The predicted octanol–water partition coefficient (Wildman–Crippen LogP) is 3.66. The maximum atomic E-state index is 13.7. The van der Waals surface area contributed by atoms with Gasteiger partial charge in [-0.15, -0.1) is 0 Å². The lowest BCUT2D eigenvalue weighted by molar-refractivity contribution is -0.139. The number of aromatic hydroxyl groups is 1. The van der Waals surface area contributed by atoms with Crippen LogP contribution in [0.5, 0.6) is 5.75 Å². The van der Waals surface area contributed by atoms with Gasteiger partial charge in [-0.25, -0.2) is 9.79 Å². The molecule has 0 saturated carbocycles. The smallest absolute Gasteiger partial charge is 0.338 e.